The lowest BCUT2D eigenvalue weighted by Gasteiger charge is -2.08. The maximum Gasteiger partial charge on any atom is 0.181 e. The summed E-state index contributed by atoms with van der Waals surface area (Å²) in [7, 11) is 0. The molecule has 2 aromatic heterocycles. The average molecular weight is 235 g/mol. The van der Waals surface area contributed by atoms with E-state index in [1.165, 1.54) is 6.42 Å². The third kappa shape index (κ3) is 1.78. The molecule has 2 atom stereocenters. The minimum absolute atomic E-state index is 0.358. The molecule has 0 aliphatic heterocycles. The van der Waals surface area contributed by atoms with Gasteiger partial charge in [-0.3, -0.25) is 0 Å². The van der Waals surface area contributed by atoms with Crippen LogP contribution in [0, 0.1) is 0 Å². The van der Waals surface area contributed by atoms with Gasteiger partial charge >= 0.3 is 0 Å². The van der Waals surface area contributed by atoms with Crippen LogP contribution in [0.2, 0.25) is 0 Å². The lowest BCUT2D eigenvalue weighted by molar-refractivity contribution is 0.705. The number of rotatable bonds is 2. The van der Waals surface area contributed by atoms with Gasteiger partial charge in [0.05, 0.1) is 6.33 Å². The van der Waals surface area contributed by atoms with Crippen LogP contribution in [0.5, 0.6) is 0 Å². The van der Waals surface area contributed by atoms with Gasteiger partial charge in [-0.2, -0.15) is 0 Å². The van der Waals surface area contributed by atoms with Gasteiger partial charge in [0.2, 0.25) is 0 Å². The standard InChI is InChI=1S/C10H13N5S/c11-6-1-2-7(3-6)16-10-8-9(13-4-12-8)14-5-15-10/h4-7H,1-3,11H2,(H,12,13,14,15). The Morgan fingerprint density at radius 1 is 1.31 bits per heavy atom. The smallest absolute Gasteiger partial charge is 0.181 e. The fraction of sp³-hybridized carbons (Fsp3) is 0.500. The molecular weight excluding hydrogens is 222 g/mol. The van der Waals surface area contributed by atoms with Gasteiger partial charge in [0.15, 0.2) is 5.65 Å². The second-order valence-corrected chi connectivity index (χ2v) is 5.38. The Morgan fingerprint density at radius 2 is 2.25 bits per heavy atom. The first-order valence-corrected chi connectivity index (χ1v) is 6.27. The van der Waals surface area contributed by atoms with Crippen LogP contribution in [0.1, 0.15) is 19.3 Å². The van der Waals surface area contributed by atoms with Crippen molar-refractivity contribution >= 4 is 22.9 Å². The minimum Gasteiger partial charge on any atom is -0.341 e. The van der Waals surface area contributed by atoms with Crippen LogP contribution in [0.15, 0.2) is 17.7 Å². The maximum atomic E-state index is 5.91. The van der Waals surface area contributed by atoms with E-state index < -0.39 is 0 Å². The van der Waals surface area contributed by atoms with Crippen molar-refractivity contribution in [3.8, 4) is 0 Å². The van der Waals surface area contributed by atoms with E-state index in [9.17, 15) is 0 Å². The predicted octanol–water partition coefficient (Wildman–Crippen LogP) is 1.32. The van der Waals surface area contributed by atoms with Crippen LogP contribution in [-0.4, -0.2) is 31.2 Å². The van der Waals surface area contributed by atoms with E-state index in [1.54, 1.807) is 24.4 Å². The van der Waals surface area contributed by atoms with Gasteiger partial charge in [0.1, 0.15) is 16.9 Å². The molecule has 0 radical (unpaired) electrons. The van der Waals surface area contributed by atoms with Gasteiger partial charge in [-0.15, -0.1) is 11.8 Å². The molecule has 0 aromatic carbocycles. The number of imidazole rings is 1. The van der Waals surface area contributed by atoms with Gasteiger partial charge in [-0.25, -0.2) is 15.0 Å². The zero-order chi connectivity index (χ0) is 11.0. The number of aromatic amines is 1. The Labute approximate surface area is 97.3 Å². The summed E-state index contributed by atoms with van der Waals surface area (Å²) in [5.41, 5.74) is 7.58. The van der Waals surface area contributed by atoms with E-state index in [0.717, 1.165) is 29.0 Å². The minimum atomic E-state index is 0.358. The molecule has 2 unspecified atom stereocenters. The van der Waals surface area contributed by atoms with Crippen LogP contribution < -0.4 is 5.73 Å². The lowest BCUT2D eigenvalue weighted by Crippen LogP contribution is -2.15. The molecule has 0 bridgehead atoms. The number of hydrogen-bond donors (Lipinski definition) is 2. The van der Waals surface area contributed by atoms with Crippen molar-refractivity contribution in [3.05, 3.63) is 12.7 Å². The summed E-state index contributed by atoms with van der Waals surface area (Å²) in [6.45, 7) is 0. The zero-order valence-electron chi connectivity index (χ0n) is 8.76. The van der Waals surface area contributed by atoms with E-state index in [4.69, 9.17) is 5.73 Å². The van der Waals surface area contributed by atoms with E-state index in [1.807, 2.05) is 0 Å². The summed E-state index contributed by atoms with van der Waals surface area (Å²) in [5.74, 6) is 0. The number of aromatic nitrogens is 4. The Balaban J connectivity index is 1.86. The number of hydrogen-bond acceptors (Lipinski definition) is 5. The first-order valence-electron chi connectivity index (χ1n) is 5.39. The van der Waals surface area contributed by atoms with Crippen LogP contribution >= 0.6 is 11.8 Å². The highest BCUT2D eigenvalue weighted by molar-refractivity contribution is 8.00. The predicted molar refractivity (Wildman–Crippen MR) is 63.2 cm³/mol. The molecule has 0 saturated heterocycles. The van der Waals surface area contributed by atoms with Crippen molar-refractivity contribution in [2.75, 3.05) is 0 Å². The highest BCUT2D eigenvalue weighted by Gasteiger charge is 2.24. The number of fused-ring (bicyclic) bond motifs is 1. The van der Waals surface area contributed by atoms with Crippen molar-refractivity contribution in [1.29, 1.82) is 0 Å². The fourth-order valence-electron chi connectivity index (χ4n) is 2.07. The summed E-state index contributed by atoms with van der Waals surface area (Å²) in [6, 6.07) is 0.358. The van der Waals surface area contributed by atoms with E-state index >= 15 is 0 Å². The Bertz CT molecular complexity index is 497. The van der Waals surface area contributed by atoms with Crippen LogP contribution in [0.4, 0.5) is 0 Å². The SMILES string of the molecule is NC1CCC(Sc2ncnc3nc[nH]c23)C1. The first kappa shape index (κ1) is 10.0. The molecule has 0 spiro atoms. The summed E-state index contributed by atoms with van der Waals surface area (Å²) < 4.78 is 0. The molecule has 6 heteroatoms. The van der Waals surface area contributed by atoms with Gasteiger partial charge in [0, 0.05) is 11.3 Å². The molecular formula is C10H13N5S. The van der Waals surface area contributed by atoms with Gasteiger partial charge < -0.3 is 10.7 Å². The number of nitrogens with zero attached hydrogens (tertiary/aromatic N) is 3. The molecule has 1 aliphatic rings. The first-order chi connectivity index (χ1) is 7.83. The molecule has 2 aromatic rings. The topological polar surface area (TPSA) is 80.5 Å². The molecule has 5 nitrogen and oxygen atoms in total. The highest BCUT2D eigenvalue weighted by atomic mass is 32.2. The molecule has 84 valence electrons. The molecule has 3 rings (SSSR count). The van der Waals surface area contributed by atoms with Gasteiger partial charge in [-0.1, -0.05) is 0 Å². The van der Waals surface area contributed by atoms with E-state index in [0.29, 0.717) is 11.3 Å². The number of nitrogens with two attached hydrogens (primary N) is 1. The maximum absolute atomic E-state index is 5.91. The van der Waals surface area contributed by atoms with E-state index in [-0.39, 0.29) is 0 Å². The van der Waals surface area contributed by atoms with Crippen LogP contribution in [0.3, 0.4) is 0 Å². The van der Waals surface area contributed by atoms with Crippen LogP contribution in [-0.2, 0) is 0 Å². The Kier molecular flexibility index (Phi) is 2.53. The largest absolute Gasteiger partial charge is 0.341 e. The van der Waals surface area contributed by atoms with Crippen molar-refractivity contribution in [2.45, 2.75) is 35.6 Å². The Hall–Kier alpha value is -1.14. The lowest BCUT2D eigenvalue weighted by atomic mass is 10.3. The quantitative estimate of drug-likeness (QED) is 0.767. The number of H-pyrrole nitrogens is 1. The molecule has 3 N–H and O–H groups in total. The van der Waals surface area contributed by atoms with E-state index in [2.05, 4.69) is 19.9 Å². The molecule has 1 fully saturated rings. The summed E-state index contributed by atoms with van der Waals surface area (Å²) in [5, 5.41) is 1.57. The molecule has 0 amide bonds. The summed E-state index contributed by atoms with van der Waals surface area (Å²) in [4.78, 5) is 15.6. The van der Waals surface area contributed by atoms with Gasteiger partial charge in [0.25, 0.3) is 0 Å². The number of thioether (sulfide) groups is 1. The second kappa shape index (κ2) is 4.03. The zero-order valence-corrected chi connectivity index (χ0v) is 9.57. The molecule has 1 aliphatic carbocycles. The number of nitrogens with one attached hydrogen (secondary N) is 1. The molecule has 16 heavy (non-hydrogen) atoms. The normalized spacial score (nSPS) is 25.3. The third-order valence-electron chi connectivity index (χ3n) is 2.89. The molecule has 1 saturated carbocycles. The van der Waals surface area contributed by atoms with Crippen molar-refractivity contribution < 1.29 is 0 Å². The fourth-order valence-corrected chi connectivity index (χ4v) is 3.36. The van der Waals surface area contributed by atoms with Gasteiger partial charge in [-0.05, 0) is 19.3 Å². The second-order valence-electron chi connectivity index (χ2n) is 4.09. The van der Waals surface area contributed by atoms with Crippen molar-refractivity contribution in [2.24, 2.45) is 5.73 Å². The van der Waals surface area contributed by atoms with Crippen molar-refractivity contribution in [3.63, 3.8) is 0 Å². The van der Waals surface area contributed by atoms with Crippen molar-refractivity contribution in [1.82, 2.24) is 19.9 Å². The highest BCUT2D eigenvalue weighted by Crippen LogP contribution is 2.35. The summed E-state index contributed by atoms with van der Waals surface area (Å²) >= 11 is 1.79. The molecule has 2 heterocycles. The third-order valence-corrected chi connectivity index (χ3v) is 4.19. The van der Waals surface area contributed by atoms with Crippen LogP contribution in [0.25, 0.3) is 11.2 Å². The Morgan fingerprint density at radius 3 is 3.06 bits per heavy atom. The summed E-state index contributed by atoms with van der Waals surface area (Å²) in [6.07, 6.45) is 6.59. The monoisotopic (exact) mass is 235 g/mol. The average Bonchev–Trinajstić information content (AvgIpc) is 2.87.